The summed E-state index contributed by atoms with van der Waals surface area (Å²) in [4.78, 5) is 13.4. The summed E-state index contributed by atoms with van der Waals surface area (Å²) >= 11 is 5.70. The van der Waals surface area contributed by atoms with Crippen LogP contribution in [0.15, 0.2) is 25.0 Å². The van der Waals surface area contributed by atoms with Gasteiger partial charge in [-0.3, -0.25) is 4.98 Å². The quantitative estimate of drug-likeness (QED) is 0.504. The molecule has 0 saturated heterocycles. The molecule has 0 aliphatic carbocycles. The molecular formula is C8H9ClN4O. The standard InChI is InChI=1S/C5H3ClN4.C3H6O/c6-4-3-5(9-1-7-3)10-2-8-4;1-3(2)4/h1-2H,(H,7,8,9,10);4H,1H2,2H3. The minimum atomic E-state index is -0.0833. The number of H-pyrrole nitrogens is 2. The summed E-state index contributed by atoms with van der Waals surface area (Å²) in [5.74, 6) is -0.0833. The SMILES string of the molecule is C=C(C)[O-].Clc1ncnc2[nH+]c[nH]c12. The van der Waals surface area contributed by atoms with Gasteiger partial charge in [0.05, 0.1) is 0 Å². The van der Waals surface area contributed by atoms with Gasteiger partial charge in [-0.25, -0.2) is 9.97 Å². The Balaban J connectivity index is 0.000000213. The first-order valence-corrected chi connectivity index (χ1v) is 4.17. The molecule has 0 aliphatic rings. The van der Waals surface area contributed by atoms with Crippen LogP contribution in [0.25, 0.3) is 11.2 Å². The van der Waals surface area contributed by atoms with Gasteiger partial charge in [0, 0.05) is 0 Å². The van der Waals surface area contributed by atoms with E-state index in [9.17, 15) is 5.11 Å². The molecule has 74 valence electrons. The van der Waals surface area contributed by atoms with Crippen molar-refractivity contribution >= 4 is 22.8 Å². The van der Waals surface area contributed by atoms with E-state index in [-0.39, 0.29) is 5.76 Å². The molecule has 5 nitrogen and oxygen atoms in total. The Hall–Kier alpha value is -1.62. The molecule has 0 saturated carbocycles. The van der Waals surface area contributed by atoms with Crippen LogP contribution in [0.5, 0.6) is 0 Å². The third-order valence-electron chi connectivity index (χ3n) is 1.23. The van der Waals surface area contributed by atoms with Crippen molar-refractivity contribution < 1.29 is 10.1 Å². The monoisotopic (exact) mass is 212 g/mol. The molecule has 0 aromatic carbocycles. The Morgan fingerprint density at radius 2 is 2.29 bits per heavy atom. The Morgan fingerprint density at radius 3 is 2.86 bits per heavy atom. The van der Waals surface area contributed by atoms with Crippen LogP contribution < -0.4 is 10.1 Å². The number of allylic oxidation sites excluding steroid dienone is 1. The highest BCUT2D eigenvalue weighted by Gasteiger charge is 2.07. The van der Waals surface area contributed by atoms with E-state index in [0.717, 1.165) is 11.2 Å². The molecule has 2 aromatic rings. The first-order chi connectivity index (χ1) is 6.61. The maximum atomic E-state index is 9.33. The molecule has 14 heavy (non-hydrogen) atoms. The number of fused-ring (bicyclic) bond motifs is 1. The number of rotatable bonds is 0. The Labute approximate surface area is 85.5 Å². The molecule has 2 aromatic heterocycles. The van der Waals surface area contributed by atoms with Crippen LogP contribution in [-0.2, 0) is 0 Å². The van der Waals surface area contributed by atoms with Crippen LogP contribution in [0.4, 0.5) is 0 Å². The fourth-order valence-corrected chi connectivity index (χ4v) is 0.966. The molecule has 0 unspecified atom stereocenters. The van der Waals surface area contributed by atoms with E-state index < -0.39 is 0 Å². The third kappa shape index (κ3) is 2.70. The van der Waals surface area contributed by atoms with Crippen molar-refractivity contribution in [1.29, 1.82) is 0 Å². The average molecular weight is 213 g/mol. The maximum Gasteiger partial charge on any atom is 0.304 e. The second kappa shape index (κ2) is 4.57. The minimum absolute atomic E-state index is 0.0833. The van der Waals surface area contributed by atoms with Crippen molar-refractivity contribution in [2.24, 2.45) is 0 Å². The van der Waals surface area contributed by atoms with Gasteiger partial charge in [0.1, 0.15) is 0 Å². The molecule has 6 heteroatoms. The maximum absolute atomic E-state index is 9.33. The second-order valence-electron chi connectivity index (χ2n) is 2.52. The minimum Gasteiger partial charge on any atom is -0.876 e. The lowest BCUT2D eigenvalue weighted by Crippen LogP contribution is -1.96. The summed E-state index contributed by atoms with van der Waals surface area (Å²) in [6.07, 6.45) is 3.07. The normalized spacial score (nSPS) is 9.29. The zero-order valence-corrected chi connectivity index (χ0v) is 8.30. The Kier molecular flexibility index (Phi) is 3.41. The summed E-state index contributed by atoms with van der Waals surface area (Å²) in [5, 5.41) is 9.77. The highest BCUT2D eigenvalue weighted by Crippen LogP contribution is 2.11. The highest BCUT2D eigenvalue weighted by molar-refractivity contribution is 6.33. The topological polar surface area (TPSA) is 78.8 Å². The van der Waals surface area contributed by atoms with Gasteiger partial charge in [-0.15, -0.1) is 12.3 Å². The predicted octanol–water partition coefficient (Wildman–Crippen LogP) is 0.306. The van der Waals surface area contributed by atoms with Crippen molar-refractivity contribution in [3.8, 4) is 0 Å². The molecule has 0 radical (unpaired) electrons. The average Bonchev–Trinajstić information content (AvgIpc) is 2.52. The number of nitrogens with one attached hydrogen (secondary N) is 2. The molecule has 2 rings (SSSR count). The summed E-state index contributed by atoms with van der Waals surface area (Å²) in [6.45, 7) is 4.42. The summed E-state index contributed by atoms with van der Waals surface area (Å²) in [5.41, 5.74) is 1.46. The van der Waals surface area contributed by atoms with E-state index in [2.05, 4.69) is 26.5 Å². The van der Waals surface area contributed by atoms with Crippen molar-refractivity contribution in [2.75, 3.05) is 0 Å². The summed E-state index contributed by atoms with van der Waals surface area (Å²) < 4.78 is 0. The fraction of sp³-hybridized carbons (Fsp3) is 0.125. The lowest BCUT2D eigenvalue weighted by Gasteiger charge is -1.92. The first kappa shape index (κ1) is 10.5. The largest absolute Gasteiger partial charge is 0.876 e. The first-order valence-electron chi connectivity index (χ1n) is 3.79. The molecule has 2 heterocycles. The van der Waals surface area contributed by atoms with Gasteiger partial charge >= 0.3 is 5.65 Å². The van der Waals surface area contributed by atoms with E-state index in [1.165, 1.54) is 13.3 Å². The van der Waals surface area contributed by atoms with Crippen LogP contribution in [0, 0.1) is 0 Å². The van der Waals surface area contributed by atoms with Gasteiger partial charge in [-0.1, -0.05) is 23.5 Å². The number of halogens is 1. The van der Waals surface area contributed by atoms with Crippen LogP contribution in [0.2, 0.25) is 5.15 Å². The van der Waals surface area contributed by atoms with Crippen LogP contribution in [0.3, 0.4) is 0 Å². The van der Waals surface area contributed by atoms with E-state index in [1.807, 2.05) is 0 Å². The van der Waals surface area contributed by atoms with E-state index >= 15 is 0 Å². The van der Waals surface area contributed by atoms with E-state index in [1.54, 1.807) is 6.33 Å². The van der Waals surface area contributed by atoms with Crippen LogP contribution >= 0.6 is 11.6 Å². The predicted molar refractivity (Wildman–Crippen MR) is 50.3 cm³/mol. The van der Waals surface area contributed by atoms with Gasteiger partial charge < -0.3 is 5.11 Å². The van der Waals surface area contributed by atoms with Crippen LogP contribution in [0.1, 0.15) is 6.92 Å². The molecule has 0 aliphatic heterocycles. The van der Waals surface area contributed by atoms with Gasteiger partial charge in [0.25, 0.3) is 0 Å². The van der Waals surface area contributed by atoms with Crippen molar-refractivity contribution in [3.63, 3.8) is 0 Å². The van der Waals surface area contributed by atoms with Gasteiger partial charge in [0.2, 0.25) is 5.52 Å². The molecule has 2 N–H and O–H groups in total. The summed E-state index contributed by atoms with van der Waals surface area (Å²) in [6, 6.07) is 0. The number of imidazole rings is 1. The number of hydrogen-bond acceptors (Lipinski definition) is 3. The van der Waals surface area contributed by atoms with Crippen molar-refractivity contribution in [2.45, 2.75) is 6.92 Å². The molecule has 0 atom stereocenters. The Morgan fingerprint density at radius 1 is 1.64 bits per heavy atom. The van der Waals surface area contributed by atoms with Gasteiger partial charge in [-0.2, -0.15) is 0 Å². The molecule has 0 spiro atoms. The number of hydrogen-bond donors (Lipinski definition) is 1. The van der Waals surface area contributed by atoms with Gasteiger partial charge in [0.15, 0.2) is 17.8 Å². The van der Waals surface area contributed by atoms with E-state index in [0.29, 0.717) is 5.15 Å². The lowest BCUT2D eigenvalue weighted by molar-refractivity contribution is -0.347. The number of aromatic amines is 2. The van der Waals surface area contributed by atoms with Crippen molar-refractivity contribution in [3.05, 3.63) is 30.1 Å². The third-order valence-corrected chi connectivity index (χ3v) is 1.51. The van der Waals surface area contributed by atoms with Crippen LogP contribution in [-0.4, -0.2) is 15.0 Å². The molecule has 0 fully saturated rings. The Bertz CT molecular complexity index is 436. The smallest absolute Gasteiger partial charge is 0.304 e. The zero-order chi connectivity index (χ0) is 10.6. The zero-order valence-electron chi connectivity index (χ0n) is 7.54. The fourth-order valence-electron chi connectivity index (χ4n) is 0.778. The number of nitrogens with zero attached hydrogens (tertiary/aromatic N) is 2. The summed E-state index contributed by atoms with van der Waals surface area (Å²) in [7, 11) is 0. The lowest BCUT2D eigenvalue weighted by atomic mass is 10.6. The highest BCUT2D eigenvalue weighted by atomic mass is 35.5. The van der Waals surface area contributed by atoms with E-state index in [4.69, 9.17) is 11.6 Å². The molecular weight excluding hydrogens is 204 g/mol. The van der Waals surface area contributed by atoms with Crippen molar-refractivity contribution in [1.82, 2.24) is 15.0 Å². The number of aromatic nitrogens is 4. The molecule has 0 bridgehead atoms. The van der Waals surface area contributed by atoms with Gasteiger partial charge in [-0.05, 0) is 0 Å². The second-order valence-corrected chi connectivity index (χ2v) is 2.88. The molecule has 0 amide bonds.